The molecule has 0 saturated carbocycles. The Morgan fingerprint density at radius 1 is 0.907 bits per heavy atom. The topological polar surface area (TPSA) is 80.0 Å². The summed E-state index contributed by atoms with van der Waals surface area (Å²) in [5, 5.41) is 1.12. The van der Waals surface area contributed by atoms with E-state index in [1.807, 2.05) is 67.6 Å². The largest absolute Gasteiger partial charge is 0.489 e. The number of likely N-dealkylation sites (tertiary alicyclic amines) is 1. The van der Waals surface area contributed by atoms with Gasteiger partial charge in [-0.15, -0.1) is 0 Å². The Labute approximate surface area is 326 Å². The summed E-state index contributed by atoms with van der Waals surface area (Å²) >= 11 is 18.0. The SMILES string of the molecule is CCCN(CCOc1c(Cl)cc(Cl)cc1Cl)C(=O)n1ccnc1.O=C(/N=C(\c1ccccc1)C1CCN1C(c1ccccc1)c1ccccc1)C(F)(F)F. The fourth-order valence-corrected chi connectivity index (χ4v) is 6.93. The molecule has 1 atom stereocenters. The highest BCUT2D eigenvalue weighted by Gasteiger charge is 2.43. The molecule has 0 aliphatic carbocycles. The lowest BCUT2D eigenvalue weighted by Crippen LogP contribution is -2.54. The molecule has 2 heterocycles. The van der Waals surface area contributed by atoms with Crippen molar-refractivity contribution in [2.75, 3.05) is 26.2 Å². The summed E-state index contributed by atoms with van der Waals surface area (Å²) in [6.45, 7) is 3.97. The summed E-state index contributed by atoms with van der Waals surface area (Å²) < 4.78 is 46.1. The summed E-state index contributed by atoms with van der Waals surface area (Å²) in [4.78, 5) is 35.4. The first-order valence-corrected chi connectivity index (χ1v) is 18.3. The van der Waals surface area contributed by atoms with Gasteiger partial charge in [0.1, 0.15) is 12.9 Å². The molecule has 1 unspecified atom stereocenters. The molecule has 4 aromatic carbocycles. The molecule has 14 heteroatoms. The second kappa shape index (κ2) is 19.1. The number of rotatable bonds is 11. The van der Waals surface area contributed by atoms with E-state index in [-0.39, 0.29) is 24.4 Å². The van der Waals surface area contributed by atoms with E-state index in [4.69, 9.17) is 39.5 Å². The van der Waals surface area contributed by atoms with Crippen molar-refractivity contribution >= 4 is 52.5 Å². The number of aliphatic imine (C=N–C) groups is 1. The molecule has 2 amide bonds. The number of imidazole rings is 1. The molecule has 1 saturated heterocycles. The van der Waals surface area contributed by atoms with Gasteiger partial charge < -0.3 is 9.64 Å². The maximum Gasteiger partial charge on any atom is 0.473 e. The zero-order chi connectivity index (χ0) is 38.7. The summed E-state index contributed by atoms with van der Waals surface area (Å²) in [5.41, 5.74) is 2.75. The van der Waals surface area contributed by atoms with E-state index in [2.05, 4.69) is 14.9 Å². The molecule has 5 aromatic rings. The van der Waals surface area contributed by atoms with E-state index in [1.54, 1.807) is 59.8 Å². The highest BCUT2D eigenvalue weighted by atomic mass is 35.5. The maximum atomic E-state index is 13.0. The molecule has 6 rings (SSSR count). The van der Waals surface area contributed by atoms with Crippen LogP contribution in [-0.2, 0) is 4.79 Å². The van der Waals surface area contributed by atoms with Crippen LogP contribution in [0.1, 0.15) is 42.5 Å². The molecule has 0 spiro atoms. The minimum Gasteiger partial charge on any atom is -0.489 e. The zero-order valence-electron chi connectivity index (χ0n) is 29.2. The van der Waals surface area contributed by atoms with Gasteiger partial charge in [0.2, 0.25) is 0 Å². The predicted octanol–water partition coefficient (Wildman–Crippen LogP) is 10.0. The smallest absolute Gasteiger partial charge is 0.473 e. The van der Waals surface area contributed by atoms with Crippen LogP contribution >= 0.6 is 34.8 Å². The number of hydrogen-bond donors (Lipinski definition) is 0. The molecular formula is C40H37Cl3F3N5O3. The average molecular weight is 799 g/mol. The minimum atomic E-state index is -5.01. The van der Waals surface area contributed by atoms with Crippen LogP contribution in [0.5, 0.6) is 5.75 Å². The monoisotopic (exact) mass is 797 g/mol. The van der Waals surface area contributed by atoms with Crippen molar-refractivity contribution in [2.45, 2.75) is 38.0 Å². The Kier molecular flexibility index (Phi) is 14.3. The van der Waals surface area contributed by atoms with Crippen LogP contribution in [-0.4, -0.2) is 75.5 Å². The first kappa shape index (κ1) is 40.5. The Morgan fingerprint density at radius 3 is 1.96 bits per heavy atom. The molecular weight excluding hydrogens is 762 g/mol. The van der Waals surface area contributed by atoms with E-state index in [9.17, 15) is 22.8 Å². The van der Waals surface area contributed by atoms with Crippen LogP contribution in [0, 0.1) is 0 Å². The van der Waals surface area contributed by atoms with Crippen LogP contribution in [0.2, 0.25) is 15.1 Å². The third-order valence-electron chi connectivity index (χ3n) is 8.53. The summed E-state index contributed by atoms with van der Waals surface area (Å²) in [5.74, 6) is -1.71. The number of benzene rings is 4. The molecule has 0 N–H and O–H groups in total. The normalized spacial score (nSPS) is 14.5. The van der Waals surface area contributed by atoms with Crippen molar-refractivity contribution in [3.05, 3.63) is 154 Å². The van der Waals surface area contributed by atoms with Crippen molar-refractivity contribution in [3.63, 3.8) is 0 Å². The van der Waals surface area contributed by atoms with Crippen molar-refractivity contribution < 1.29 is 27.5 Å². The van der Waals surface area contributed by atoms with Gasteiger partial charge in [-0.25, -0.2) is 14.8 Å². The summed E-state index contributed by atoms with van der Waals surface area (Å²) in [6, 6.07) is 30.7. The summed E-state index contributed by atoms with van der Waals surface area (Å²) in [7, 11) is 0. The number of hydrogen-bond acceptors (Lipinski definition) is 5. The highest BCUT2D eigenvalue weighted by molar-refractivity contribution is 6.40. The first-order valence-electron chi connectivity index (χ1n) is 17.1. The van der Waals surface area contributed by atoms with Crippen molar-refractivity contribution in [1.82, 2.24) is 19.4 Å². The number of amides is 2. The summed E-state index contributed by atoms with van der Waals surface area (Å²) in [6.07, 6.45) is 1.09. The Hall–Kier alpha value is -4.68. The fraction of sp³-hybridized carbons (Fsp3) is 0.250. The van der Waals surface area contributed by atoms with E-state index < -0.39 is 18.1 Å². The molecule has 0 radical (unpaired) electrons. The lowest BCUT2D eigenvalue weighted by molar-refractivity contribution is -0.169. The fourth-order valence-electron chi connectivity index (χ4n) is 6.00. The first-order chi connectivity index (χ1) is 26.0. The molecule has 8 nitrogen and oxygen atoms in total. The van der Waals surface area contributed by atoms with Gasteiger partial charge in [-0.05, 0) is 41.7 Å². The predicted molar refractivity (Wildman–Crippen MR) is 206 cm³/mol. The zero-order valence-corrected chi connectivity index (χ0v) is 31.4. The van der Waals surface area contributed by atoms with Gasteiger partial charge in [0.15, 0.2) is 5.75 Å². The van der Waals surface area contributed by atoms with Crippen LogP contribution in [0.3, 0.4) is 0 Å². The van der Waals surface area contributed by atoms with Gasteiger partial charge in [0.05, 0.1) is 34.4 Å². The Balaban J connectivity index is 0.000000218. The Morgan fingerprint density at radius 2 is 1.48 bits per heavy atom. The van der Waals surface area contributed by atoms with Gasteiger partial charge in [-0.2, -0.15) is 13.2 Å². The van der Waals surface area contributed by atoms with E-state index in [1.165, 1.54) is 10.9 Å². The highest BCUT2D eigenvalue weighted by Crippen LogP contribution is 2.38. The van der Waals surface area contributed by atoms with Gasteiger partial charge in [0.25, 0.3) is 0 Å². The Bertz CT molecular complexity index is 1940. The van der Waals surface area contributed by atoms with Crippen molar-refractivity contribution in [2.24, 2.45) is 4.99 Å². The molecule has 282 valence electrons. The molecule has 54 heavy (non-hydrogen) atoms. The van der Waals surface area contributed by atoms with Crippen molar-refractivity contribution in [3.8, 4) is 5.75 Å². The second-order valence-electron chi connectivity index (χ2n) is 12.2. The molecule has 1 aliphatic heterocycles. The number of aromatic nitrogens is 2. The van der Waals surface area contributed by atoms with Crippen molar-refractivity contribution in [1.29, 1.82) is 0 Å². The van der Waals surface area contributed by atoms with E-state index in [0.29, 0.717) is 52.4 Å². The standard InChI is InChI=1S/C25H21F3N2O.C15H16Cl3N3O2/c26-25(27,28)24(31)29-22(18-10-4-1-5-11-18)21-16-17-30(21)23(19-12-6-2-7-13-19)20-14-8-3-9-15-20;1-2-4-20(15(22)21-5-3-19-10-21)6-7-23-14-12(17)8-11(16)9-13(14)18/h1-15,21,23H,16-17H2;3,5,8-10H,2,4,6-7H2,1H3/b29-22+;. The van der Waals surface area contributed by atoms with Crippen LogP contribution < -0.4 is 4.74 Å². The third kappa shape index (κ3) is 10.5. The second-order valence-corrected chi connectivity index (χ2v) is 13.5. The average Bonchev–Trinajstić information content (AvgIpc) is 3.70. The molecule has 1 fully saturated rings. The van der Waals surface area contributed by atoms with Crippen LogP contribution in [0.15, 0.2) is 127 Å². The van der Waals surface area contributed by atoms with Gasteiger partial charge in [0, 0.05) is 30.5 Å². The van der Waals surface area contributed by atoms with E-state index >= 15 is 0 Å². The maximum absolute atomic E-state index is 13.0. The lowest BCUT2D eigenvalue weighted by Gasteiger charge is -2.47. The molecule has 0 bridgehead atoms. The minimum absolute atomic E-state index is 0.152. The number of carbonyl (C=O) groups excluding carboxylic acids is 2. The number of alkyl halides is 3. The third-order valence-corrected chi connectivity index (χ3v) is 9.31. The molecule has 1 aromatic heterocycles. The van der Waals surface area contributed by atoms with Crippen LogP contribution in [0.4, 0.5) is 18.0 Å². The van der Waals surface area contributed by atoms with Crippen LogP contribution in [0.25, 0.3) is 0 Å². The number of nitrogens with zero attached hydrogens (tertiary/aromatic N) is 5. The molecule has 1 aliphatic rings. The van der Waals surface area contributed by atoms with Gasteiger partial charge in [-0.1, -0.05) is 133 Å². The number of halogens is 6. The van der Waals surface area contributed by atoms with E-state index in [0.717, 1.165) is 17.5 Å². The number of ether oxygens (including phenoxy) is 1. The van der Waals surface area contributed by atoms with Gasteiger partial charge in [-0.3, -0.25) is 14.3 Å². The lowest BCUT2D eigenvalue weighted by atomic mass is 9.86. The quantitative estimate of drug-likeness (QED) is 0.124. The number of carbonyl (C=O) groups is 2. The van der Waals surface area contributed by atoms with Gasteiger partial charge >= 0.3 is 18.1 Å².